The molecule has 0 atom stereocenters. The van der Waals surface area contributed by atoms with Crippen molar-refractivity contribution in [3.05, 3.63) is 35.7 Å². The number of nitrogens with zero attached hydrogens (tertiary/aromatic N) is 4. The first-order chi connectivity index (χ1) is 13.6. The molecule has 0 spiro atoms. The summed E-state index contributed by atoms with van der Waals surface area (Å²) in [4.78, 5) is 26.0. The third-order valence-electron chi connectivity index (χ3n) is 4.98. The number of benzene rings is 1. The number of aryl methyl sites for hydroxylation is 1. The normalized spacial score (nSPS) is 16.7. The lowest BCUT2D eigenvalue weighted by Crippen LogP contribution is -2.48. The first kappa shape index (κ1) is 18.5. The van der Waals surface area contributed by atoms with E-state index in [1.165, 1.54) is 0 Å². The van der Waals surface area contributed by atoms with Crippen molar-refractivity contribution in [2.24, 2.45) is 0 Å². The predicted octanol–water partition coefficient (Wildman–Crippen LogP) is 2.08. The van der Waals surface area contributed by atoms with Gasteiger partial charge in [-0.15, -0.1) is 0 Å². The van der Waals surface area contributed by atoms with Crippen LogP contribution in [0.3, 0.4) is 0 Å². The van der Waals surface area contributed by atoms with Gasteiger partial charge < -0.3 is 24.6 Å². The first-order valence-corrected chi connectivity index (χ1v) is 9.66. The lowest BCUT2D eigenvalue weighted by atomic mass is 10.2. The molecule has 0 unspecified atom stereocenters. The van der Waals surface area contributed by atoms with Gasteiger partial charge in [-0.25, -0.2) is 9.97 Å². The average Bonchev–Trinajstić information content (AvgIpc) is 2.73. The zero-order valence-corrected chi connectivity index (χ0v) is 16.3. The number of ether oxygens (including phenoxy) is 2. The van der Waals surface area contributed by atoms with Crippen molar-refractivity contribution < 1.29 is 14.3 Å². The SMILES string of the molecule is CCN1CCN(C(=O)c2cc(C)nc(Nc3ccc4c(c3)OCCO4)n2)CC1. The van der Waals surface area contributed by atoms with Gasteiger partial charge in [-0.1, -0.05) is 6.92 Å². The van der Waals surface area contributed by atoms with E-state index in [9.17, 15) is 4.79 Å². The number of rotatable bonds is 4. The van der Waals surface area contributed by atoms with Crippen LogP contribution in [0.4, 0.5) is 11.6 Å². The van der Waals surface area contributed by atoms with Crippen molar-refractivity contribution in [1.29, 1.82) is 0 Å². The van der Waals surface area contributed by atoms with Crippen LogP contribution in [0.1, 0.15) is 23.1 Å². The fourth-order valence-corrected chi connectivity index (χ4v) is 3.41. The lowest BCUT2D eigenvalue weighted by molar-refractivity contribution is 0.0637. The molecule has 0 saturated carbocycles. The smallest absolute Gasteiger partial charge is 0.272 e. The Morgan fingerprint density at radius 3 is 2.57 bits per heavy atom. The van der Waals surface area contributed by atoms with Crippen LogP contribution in [0.5, 0.6) is 11.5 Å². The van der Waals surface area contributed by atoms with Crippen LogP contribution in [0.15, 0.2) is 24.3 Å². The molecule has 2 aliphatic rings. The molecule has 4 rings (SSSR count). The van der Waals surface area contributed by atoms with Crippen LogP contribution < -0.4 is 14.8 Å². The number of carbonyl (C=O) groups is 1. The first-order valence-electron chi connectivity index (χ1n) is 9.66. The maximum absolute atomic E-state index is 12.9. The number of amides is 1. The standard InChI is InChI=1S/C20H25N5O3/c1-3-24-6-8-25(9-7-24)19(26)16-12-14(2)21-20(23-16)22-15-4-5-17-18(13-15)28-11-10-27-17/h4-5,12-13H,3,6-11H2,1-2H3,(H,21,22,23). The quantitative estimate of drug-likeness (QED) is 0.866. The van der Waals surface area contributed by atoms with Crippen molar-refractivity contribution in [2.75, 3.05) is 51.3 Å². The Morgan fingerprint density at radius 1 is 1.07 bits per heavy atom. The number of hydrogen-bond donors (Lipinski definition) is 1. The molecule has 1 aromatic heterocycles. The molecule has 0 bridgehead atoms. The van der Waals surface area contributed by atoms with Gasteiger partial charge in [0.1, 0.15) is 18.9 Å². The molecule has 2 aromatic rings. The summed E-state index contributed by atoms with van der Waals surface area (Å²) in [7, 11) is 0. The van der Waals surface area contributed by atoms with Gasteiger partial charge in [0.15, 0.2) is 11.5 Å². The van der Waals surface area contributed by atoms with E-state index >= 15 is 0 Å². The molecule has 0 radical (unpaired) electrons. The average molecular weight is 383 g/mol. The van der Waals surface area contributed by atoms with Crippen LogP contribution in [-0.2, 0) is 0 Å². The van der Waals surface area contributed by atoms with Gasteiger partial charge in [0.05, 0.1) is 0 Å². The minimum absolute atomic E-state index is 0.0496. The second kappa shape index (κ2) is 8.02. The summed E-state index contributed by atoms with van der Waals surface area (Å²) in [5.74, 6) is 1.76. The van der Waals surface area contributed by atoms with Crippen molar-refractivity contribution in [1.82, 2.24) is 19.8 Å². The highest BCUT2D eigenvalue weighted by Gasteiger charge is 2.23. The number of carbonyl (C=O) groups excluding carboxylic acids is 1. The maximum atomic E-state index is 12.9. The summed E-state index contributed by atoms with van der Waals surface area (Å²) in [5, 5.41) is 3.17. The van der Waals surface area contributed by atoms with E-state index < -0.39 is 0 Å². The second-order valence-corrected chi connectivity index (χ2v) is 6.93. The van der Waals surface area contributed by atoms with E-state index in [0.717, 1.165) is 49.9 Å². The summed E-state index contributed by atoms with van der Waals surface area (Å²) in [5.41, 5.74) is 1.94. The van der Waals surface area contributed by atoms with Gasteiger partial charge in [0.2, 0.25) is 5.95 Å². The number of anilines is 2. The molecule has 0 aliphatic carbocycles. The Bertz CT molecular complexity index is 865. The van der Waals surface area contributed by atoms with Crippen LogP contribution in [-0.4, -0.2) is 71.6 Å². The van der Waals surface area contributed by atoms with Gasteiger partial charge in [-0.3, -0.25) is 4.79 Å². The number of piperazine rings is 1. The van der Waals surface area contributed by atoms with Crippen LogP contribution in [0, 0.1) is 6.92 Å². The monoisotopic (exact) mass is 383 g/mol. The topological polar surface area (TPSA) is 79.8 Å². The second-order valence-electron chi connectivity index (χ2n) is 6.93. The largest absolute Gasteiger partial charge is 0.486 e. The molecule has 2 aliphatic heterocycles. The zero-order valence-electron chi connectivity index (χ0n) is 16.3. The Morgan fingerprint density at radius 2 is 1.82 bits per heavy atom. The minimum atomic E-state index is -0.0496. The molecule has 3 heterocycles. The third-order valence-corrected chi connectivity index (χ3v) is 4.98. The van der Waals surface area contributed by atoms with E-state index in [1.54, 1.807) is 6.07 Å². The number of nitrogens with one attached hydrogen (secondary N) is 1. The molecular weight excluding hydrogens is 358 g/mol. The molecule has 148 valence electrons. The number of fused-ring (bicyclic) bond motifs is 1. The number of aromatic nitrogens is 2. The fourth-order valence-electron chi connectivity index (χ4n) is 3.41. The van der Waals surface area contributed by atoms with E-state index in [0.29, 0.717) is 30.6 Å². The molecular formula is C20H25N5O3. The summed E-state index contributed by atoms with van der Waals surface area (Å²) >= 11 is 0. The van der Waals surface area contributed by atoms with Crippen LogP contribution in [0.2, 0.25) is 0 Å². The predicted molar refractivity (Wildman–Crippen MR) is 106 cm³/mol. The molecule has 1 aromatic carbocycles. The number of hydrogen-bond acceptors (Lipinski definition) is 7. The molecule has 1 fully saturated rings. The molecule has 28 heavy (non-hydrogen) atoms. The lowest BCUT2D eigenvalue weighted by Gasteiger charge is -2.33. The van der Waals surface area contributed by atoms with E-state index in [2.05, 4.69) is 27.1 Å². The van der Waals surface area contributed by atoms with Crippen LogP contribution in [0.25, 0.3) is 0 Å². The Kier molecular flexibility index (Phi) is 5.29. The molecule has 8 heteroatoms. The van der Waals surface area contributed by atoms with E-state index in [4.69, 9.17) is 9.47 Å². The van der Waals surface area contributed by atoms with Crippen molar-refractivity contribution in [3.8, 4) is 11.5 Å². The number of likely N-dealkylation sites (N-methyl/N-ethyl adjacent to an activating group) is 1. The Balaban J connectivity index is 1.50. The molecule has 1 amide bonds. The Labute approximate surface area is 164 Å². The minimum Gasteiger partial charge on any atom is -0.486 e. The van der Waals surface area contributed by atoms with Gasteiger partial charge in [0.25, 0.3) is 5.91 Å². The highest BCUT2D eigenvalue weighted by molar-refractivity contribution is 5.92. The Hall–Kier alpha value is -2.87. The van der Waals surface area contributed by atoms with E-state index in [-0.39, 0.29) is 5.91 Å². The van der Waals surface area contributed by atoms with Crippen molar-refractivity contribution in [3.63, 3.8) is 0 Å². The van der Waals surface area contributed by atoms with Gasteiger partial charge >= 0.3 is 0 Å². The summed E-state index contributed by atoms with van der Waals surface area (Å²) < 4.78 is 11.2. The highest BCUT2D eigenvalue weighted by Crippen LogP contribution is 2.33. The van der Waals surface area contributed by atoms with Crippen LogP contribution >= 0.6 is 0 Å². The zero-order chi connectivity index (χ0) is 19.5. The molecule has 1 N–H and O–H groups in total. The van der Waals surface area contributed by atoms with Gasteiger partial charge in [0, 0.05) is 43.6 Å². The summed E-state index contributed by atoms with van der Waals surface area (Å²) in [6.45, 7) is 9.34. The summed E-state index contributed by atoms with van der Waals surface area (Å²) in [6.07, 6.45) is 0. The summed E-state index contributed by atoms with van der Waals surface area (Å²) in [6, 6.07) is 7.33. The maximum Gasteiger partial charge on any atom is 0.272 e. The third kappa shape index (κ3) is 4.01. The van der Waals surface area contributed by atoms with E-state index in [1.807, 2.05) is 30.0 Å². The van der Waals surface area contributed by atoms with Gasteiger partial charge in [-0.2, -0.15) is 0 Å². The van der Waals surface area contributed by atoms with Gasteiger partial charge in [-0.05, 0) is 31.7 Å². The fraction of sp³-hybridized carbons (Fsp3) is 0.450. The van der Waals surface area contributed by atoms with Crippen molar-refractivity contribution in [2.45, 2.75) is 13.8 Å². The highest BCUT2D eigenvalue weighted by atomic mass is 16.6. The molecule has 8 nitrogen and oxygen atoms in total. The molecule has 1 saturated heterocycles. The van der Waals surface area contributed by atoms with Crippen molar-refractivity contribution >= 4 is 17.5 Å².